The summed E-state index contributed by atoms with van der Waals surface area (Å²) in [6.07, 6.45) is 3.70. The summed E-state index contributed by atoms with van der Waals surface area (Å²) in [5, 5.41) is 4.32. The van der Waals surface area contributed by atoms with Gasteiger partial charge in [-0.15, -0.1) is 0 Å². The molecule has 0 saturated carbocycles. The average molecular weight is 327 g/mol. The first kappa shape index (κ1) is 16.3. The quantitative estimate of drug-likeness (QED) is 0.935. The minimum atomic E-state index is -0.234. The van der Waals surface area contributed by atoms with Crippen LogP contribution < -0.4 is 10.1 Å². The normalized spacial score (nSPS) is 14.3. The number of hydroxylamine groups is 2. The number of anilines is 1. The third kappa shape index (κ3) is 3.65. The van der Waals surface area contributed by atoms with Crippen molar-refractivity contribution in [2.45, 2.75) is 19.8 Å². The highest BCUT2D eigenvalue weighted by Gasteiger charge is 2.18. The van der Waals surface area contributed by atoms with Gasteiger partial charge in [0.15, 0.2) is 0 Å². The van der Waals surface area contributed by atoms with Crippen LogP contribution in [0.4, 0.5) is 10.5 Å². The second-order valence-electron chi connectivity index (χ2n) is 5.69. The van der Waals surface area contributed by atoms with E-state index in [1.807, 2.05) is 37.3 Å². The molecule has 0 aliphatic carbocycles. The molecular weight excluding hydrogens is 306 g/mol. The molecule has 0 spiro atoms. The Morgan fingerprint density at radius 3 is 2.75 bits per heavy atom. The van der Waals surface area contributed by atoms with E-state index in [0.29, 0.717) is 19.0 Å². The van der Waals surface area contributed by atoms with Crippen LogP contribution in [0.5, 0.6) is 5.88 Å². The number of carbonyl (C=O) groups excluding carboxylic acids is 1. The molecule has 1 N–H and O–H groups in total. The zero-order valence-corrected chi connectivity index (χ0v) is 13.9. The maximum Gasteiger partial charge on any atom is 0.345 e. The lowest BCUT2D eigenvalue weighted by atomic mass is 10.0. The van der Waals surface area contributed by atoms with Gasteiger partial charge in [0, 0.05) is 23.5 Å². The van der Waals surface area contributed by atoms with Crippen molar-refractivity contribution in [3.63, 3.8) is 0 Å². The molecule has 2 heterocycles. The second-order valence-corrected chi connectivity index (χ2v) is 5.69. The number of urea groups is 1. The first-order chi connectivity index (χ1) is 11.7. The van der Waals surface area contributed by atoms with Crippen molar-refractivity contribution < 1.29 is 14.4 Å². The number of methoxy groups -OCH3 is 1. The van der Waals surface area contributed by atoms with Crippen LogP contribution in [0.25, 0.3) is 11.1 Å². The van der Waals surface area contributed by atoms with Gasteiger partial charge in [-0.3, -0.25) is 4.84 Å². The number of rotatable bonds is 3. The number of amides is 2. The third-order valence-electron chi connectivity index (χ3n) is 3.99. The molecular formula is C18H21N3O3. The van der Waals surface area contributed by atoms with Crippen LogP contribution in [0, 0.1) is 6.92 Å². The minimum Gasteiger partial charge on any atom is -0.481 e. The highest BCUT2D eigenvalue weighted by Crippen LogP contribution is 2.26. The molecule has 2 aromatic rings. The summed E-state index contributed by atoms with van der Waals surface area (Å²) in [5.41, 5.74) is 3.69. The molecule has 1 aromatic carbocycles. The van der Waals surface area contributed by atoms with Gasteiger partial charge < -0.3 is 10.1 Å². The van der Waals surface area contributed by atoms with Gasteiger partial charge in [-0.05, 0) is 43.0 Å². The summed E-state index contributed by atoms with van der Waals surface area (Å²) in [6.45, 7) is 3.17. The maximum atomic E-state index is 12.3. The van der Waals surface area contributed by atoms with E-state index in [2.05, 4.69) is 10.3 Å². The Kier molecular flexibility index (Phi) is 4.96. The van der Waals surface area contributed by atoms with Gasteiger partial charge >= 0.3 is 6.03 Å². The highest BCUT2D eigenvalue weighted by atomic mass is 16.7. The molecule has 1 aliphatic rings. The lowest BCUT2D eigenvalue weighted by Crippen LogP contribution is -2.38. The summed E-state index contributed by atoms with van der Waals surface area (Å²) in [6, 6.07) is 9.45. The second kappa shape index (κ2) is 7.31. The van der Waals surface area contributed by atoms with Gasteiger partial charge in [-0.2, -0.15) is 0 Å². The van der Waals surface area contributed by atoms with Gasteiger partial charge in [0.2, 0.25) is 5.88 Å². The minimum absolute atomic E-state index is 0.234. The van der Waals surface area contributed by atoms with E-state index in [0.717, 1.165) is 35.2 Å². The molecule has 6 nitrogen and oxygen atoms in total. The molecule has 126 valence electrons. The van der Waals surface area contributed by atoms with Gasteiger partial charge in [0.25, 0.3) is 0 Å². The Hall–Kier alpha value is -2.60. The number of carbonyl (C=O) groups is 1. The Morgan fingerprint density at radius 2 is 2.08 bits per heavy atom. The average Bonchev–Trinajstić information content (AvgIpc) is 2.64. The van der Waals surface area contributed by atoms with Crippen molar-refractivity contribution in [2.75, 3.05) is 25.6 Å². The smallest absolute Gasteiger partial charge is 0.345 e. The number of pyridine rings is 1. The molecule has 1 fully saturated rings. The number of aryl methyl sites for hydroxylation is 1. The number of ether oxygens (including phenoxy) is 1. The topological polar surface area (TPSA) is 63.7 Å². The van der Waals surface area contributed by atoms with E-state index < -0.39 is 0 Å². The predicted octanol–water partition coefficient (Wildman–Crippen LogP) is 3.62. The Morgan fingerprint density at radius 1 is 1.25 bits per heavy atom. The summed E-state index contributed by atoms with van der Waals surface area (Å²) >= 11 is 0. The molecule has 6 heteroatoms. The van der Waals surface area contributed by atoms with Gasteiger partial charge in [0.1, 0.15) is 0 Å². The summed E-state index contributed by atoms with van der Waals surface area (Å²) in [4.78, 5) is 21.9. The van der Waals surface area contributed by atoms with E-state index in [9.17, 15) is 4.79 Å². The first-order valence-corrected chi connectivity index (χ1v) is 8.00. The van der Waals surface area contributed by atoms with Crippen LogP contribution in [0.1, 0.15) is 18.4 Å². The zero-order chi connectivity index (χ0) is 16.9. The summed E-state index contributed by atoms with van der Waals surface area (Å²) in [5.74, 6) is 0.571. The van der Waals surface area contributed by atoms with Gasteiger partial charge in [-0.1, -0.05) is 12.1 Å². The molecule has 24 heavy (non-hydrogen) atoms. The number of benzene rings is 1. The molecule has 0 unspecified atom stereocenters. The number of aromatic nitrogens is 1. The number of nitrogens with zero attached hydrogens (tertiary/aromatic N) is 2. The molecule has 1 aromatic heterocycles. The largest absolute Gasteiger partial charge is 0.481 e. The fourth-order valence-corrected chi connectivity index (χ4v) is 2.54. The Bertz CT molecular complexity index is 710. The third-order valence-corrected chi connectivity index (χ3v) is 3.99. The van der Waals surface area contributed by atoms with Gasteiger partial charge in [0.05, 0.1) is 20.3 Å². The van der Waals surface area contributed by atoms with E-state index in [-0.39, 0.29) is 6.03 Å². The van der Waals surface area contributed by atoms with Crippen molar-refractivity contribution in [3.05, 3.63) is 42.1 Å². The molecule has 0 bridgehead atoms. The molecule has 1 saturated heterocycles. The summed E-state index contributed by atoms with van der Waals surface area (Å²) in [7, 11) is 1.59. The standard InChI is InChI=1S/C18H21N3O3/c1-13-5-6-14(15-7-8-17(23-2)19-12-15)11-16(13)20-18(22)21-9-3-4-10-24-21/h5-8,11-12H,3-4,9-10H2,1-2H3,(H,20,22). The Balaban J connectivity index is 1.79. The monoisotopic (exact) mass is 327 g/mol. The number of hydrogen-bond donors (Lipinski definition) is 1. The Labute approximate surface area is 141 Å². The van der Waals surface area contributed by atoms with Crippen LogP contribution in [0.3, 0.4) is 0 Å². The highest BCUT2D eigenvalue weighted by molar-refractivity contribution is 5.90. The van der Waals surface area contributed by atoms with Crippen molar-refractivity contribution in [1.29, 1.82) is 0 Å². The van der Waals surface area contributed by atoms with E-state index >= 15 is 0 Å². The van der Waals surface area contributed by atoms with E-state index in [1.165, 1.54) is 5.06 Å². The molecule has 0 atom stereocenters. The van der Waals surface area contributed by atoms with Crippen molar-refractivity contribution in [3.8, 4) is 17.0 Å². The fraction of sp³-hybridized carbons (Fsp3) is 0.333. The van der Waals surface area contributed by atoms with Crippen molar-refractivity contribution in [2.24, 2.45) is 0 Å². The first-order valence-electron chi connectivity index (χ1n) is 8.00. The van der Waals surface area contributed by atoms with Crippen molar-refractivity contribution in [1.82, 2.24) is 10.0 Å². The summed E-state index contributed by atoms with van der Waals surface area (Å²) < 4.78 is 5.08. The van der Waals surface area contributed by atoms with Crippen LogP contribution in [-0.2, 0) is 4.84 Å². The number of nitrogens with one attached hydrogen (secondary N) is 1. The zero-order valence-electron chi connectivity index (χ0n) is 13.9. The van der Waals surface area contributed by atoms with Crippen LogP contribution in [-0.4, -0.2) is 36.3 Å². The SMILES string of the molecule is COc1ccc(-c2ccc(C)c(NC(=O)N3CCCCO3)c2)cn1. The fourth-order valence-electron chi connectivity index (χ4n) is 2.54. The van der Waals surface area contributed by atoms with Crippen molar-refractivity contribution >= 4 is 11.7 Å². The van der Waals surface area contributed by atoms with E-state index in [1.54, 1.807) is 13.3 Å². The lowest BCUT2D eigenvalue weighted by Gasteiger charge is -2.26. The molecule has 1 aliphatic heterocycles. The van der Waals surface area contributed by atoms with E-state index in [4.69, 9.17) is 9.57 Å². The molecule has 0 radical (unpaired) electrons. The predicted molar refractivity (Wildman–Crippen MR) is 91.9 cm³/mol. The van der Waals surface area contributed by atoms with Crippen LogP contribution in [0.2, 0.25) is 0 Å². The molecule has 3 rings (SSSR count). The van der Waals surface area contributed by atoms with Crippen LogP contribution >= 0.6 is 0 Å². The van der Waals surface area contributed by atoms with Gasteiger partial charge in [-0.25, -0.2) is 14.8 Å². The lowest BCUT2D eigenvalue weighted by molar-refractivity contribution is -0.135. The molecule has 2 amide bonds. The van der Waals surface area contributed by atoms with Crippen LogP contribution in [0.15, 0.2) is 36.5 Å². The number of hydrogen-bond acceptors (Lipinski definition) is 4. The maximum absolute atomic E-state index is 12.3.